The lowest BCUT2D eigenvalue weighted by Gasteiger charge is -2.32. The molecule has 25 heavy (non-hydrogen) atoms. The Bertz CT molecular complexity index is 613. The molecular formula is C22H38N2O+2. The normalized spacial score (nSPS) is 14.8. The number of unbranched alkanes of at least 4 members (excludes halogenated alkanes) is 3. The first-order valence-corrected chi connectivity index (χ1v) is 10.0. The fraction of sp³-hybridized carbons (Fsp3) is 0.636. The molecule has 0 bridgehead atoms. The molecule has 3 nitrogen and oxygen atoms in total. The van der Waals surface area contributed by atoms with E-state index in [0.29, 0.717) is 0 Å². The van der Waals surface area contributed by atoms with E-state index in [1.807, 2.05) is 6.07 Å². The minimum Gasteiger partial charge on any atom is -0.455 e. The summed E-state index contributed by atoms with van der Waals surface area (Å²) >= 11 is 0. The summed E-state index contributed by atoms with van der Waals surface area (Å²) in [4.78, 5) is 0. The quantitative estimate of drug-likeness (QED) is 0.410. The summed E-state index contributed by atoms with van der Waals surface area (Å²) in [5, 5.41) is 1.22. The molecule has 0 amide bonds. The zero-order chi connectivity index (χ0) is 18.3. The molecule has 3 heteroatoms. The predicted molar refractivity (Wildman–Crippen MR) is 107 cm³/mol. The van der Waals surface area contributed by atoms with Crippen molar-refractivity contribution < 1.29 is 13.4 Å². The zero-order valence-electron chi connectivity index (χ0n) is 17.1. The highest BCUT2D eigenvalue weighted by Gasteiger charge is 2.21. The van der Waals surface area contributed by atoms with E-state index >= 15 is 0 Å². The van der Waals surface area contributed by atoms with Gasteiger partial charge in [-0.25, -0.2) is 0 Å². The van der Waals surface area contributed by atoms with Gasteiger partial charge in [-0.15, -0.1) is 0 Å². The molecule has 0 saturated heterocycles. The van der Waals surface area contributed by atoms with Gasteiger partial charge in [0.25, 0.3) is 0 Å². The molecule has 1 aromatic carbocycles. The molecule has 2 aromatic rings. The van der Waals surface area contributed by atoms with Crippen molar-refractivity contribution in [3.8, 4) is 0 Å². The van der Waals surface area contributed by atoms with Gasteiger partial charge < -0.3 is 13.4 Å². The summed E-state index contributed by atoms with van der Waals surface area (Å²) < 4.78 is 8.26. The Labute approximate surface area is 154 Å². The second-order valence-electron chi connectivity index (χ2n) is 8.46. The van der Waals surface area contributed by atoms with Gasteiger partial charge >= 0.3 is 0 Å². The van der Waals surface area contributed by atoms with E-state index in [9.17, 15) is 0 Å². The molecule has 140 valence electrons. The lowest BCUT2D eigenvalue weighted by Crippen LogP contribution is -2.43. The summed E-state index contributed by atoms with van der Waals surface area (Å²) in [6.07, 6.45) is 5.36. The smallest absolute Gasteiger partial charge is 0.159 e. The lowest BCUT2D eigenvalue weighted by atomic mass is 10.1. The molecule has 1 heterocycles. The van der Waals surface area contributed by atoms with E-state index in [-0.39, 0.29) is 0 Å². The van der Waals surface area contributed by atoms with Crippen molar-refractivity contribution in [1.82, 2.24) is 0 Å². The van der Waals surface area contributed by atoms with Crippen molar-refractivity contribution in [1.29, 1.82) is 0 Å². The SMILES string of the molecule is CC[N+](C)(C)CCCCCC[N@+](C)(CC)Cc1cc2ccccc2o1. The third-order valence-electron chi connectivity index (χ3n) is 5.85. The maximum absolute atomic E-state index is 6.04. The standard InChI is InChI=1S/C22H38N2O/c1-6-23(3,4)16-12-8-9-13-17-24(5,7-2)19-21-18-20-14-10-11-15-22(20)25-21/h10-11,14-15,18H,6-9,12-13,16-17,19H2,1-5H3/q+2/t24-/m0/s1. The van der Waals surface area contributed by atoms with Crippen LogP contribution in [-0.4, -0.2) is 56.3 Å². The molecule has 0 aliphatic heterocycles. The van der Waals surface area contributed by atoms with E-state index in [1.54, 1.807) is 0 Å². The van der Waals surface area contributed by atoms with Crippen LogP contribution < -0.4 is 0 Å². The van der Waals surface area contributed by atoms with E-state index in [2.05, 4.69) is 59.3 Å². The number of hydrogen-bond acceptors (Lipinski definition) is 1. The molecule has 0 fully saturated rings. The highest BCUT2D eigenvalue weighted by molar-refractivity contribution is 5.77. The fourth-order valence-corrected chi connectivity index (χ4v) is 3.39. The van der Waals surface area contributed by atoms with Gasteiger partial charge in [-0.3, -0.25) is 0 Å². The van der Waals surface area contributed by atoms with Gasteiger partial charge in [0.15, 0.2) is 5.76 Å². The van der Waals surface area contributed by atoms with E-state index in [4.69, 9.17) is 4.42 Å². The Morgan fingerprint density at radius 3 is 2.16 bits per heavy atom. The first kappa shape index (κ1) is 20.0. The predicted octanol–water partition coefficient (Wildman–Crippen LogP) is 5.06. The molecule has 1 aromatic heterocycles. The third kappa shape index (κ3) is 6.16. The molecule has 0 saturated carbocycles. The van der Waals surface area contributed by atoms with Crippen LogP contribution in [0.4, 0.5) is 0 Å². The summed E-state index contributed by atoms with van der Waals surface area (Å²) in [7, 11) is 7.03. The molecule has 0 aliphatic rings. The van der Waals surface area contributed by atoms with Crippen LogP contribution in [0.25, 0.3) is 11.0 Å². The van der Waals surface area contributed by atoms with Crippen molar-refractivity contribution >= 4 is 11.0 Å². The van der Waals surface area contributed by atoms with E-state index in [0.717, 1.165) is 33.4 Å². The van der Waals surface area contributed by atoms with Crippen molar-refractivity contribution in [3.63, 3.8) is 0 Å². The average Bonchev–Trinajstić information content (AvgIpc) is 2.99. The van der Waals surface area contributed by atoms with Crippen LogP contribution in [0.1, 0.15) is 45.3 Å². The van der Waals surface area contributed by atoms with Gasteiger partial charge in [-0.1, -0.05) is 18.2 Å². The summed E-state index contributed by atoms with van der Waals surface area (Å²) in [5.74, 6) is 1.12. The third-order valence-corrected chi connectivity index (χ3v) is 5.85. The number of hydrogen-bond donors (Lipinski definition) is 0. The van der Waals surface area contributed by atoms with Crippen molar-refractivity contribution in [2.45, 2.75) is 46.1 Å². The minimum atomic E-state index is 0.991. The Morgan fingerprint density at radius 1 is 0.840 bits per heavy atom. The maximum Gasteiger partial charge on any atom is 0.159 e. The van der Waals surface area contributed by atoms with Crippen LogP contribution in [0, 0.1) is 0 Å². The van der Waals surface area contributed by atoms with Crippen LogP contribution in [0.2, 0.25) is 0 Å². The highest BCUT2D eigenvalue weighted by Crippen LogP contribution is 2.22. The zero-order valence-corrected chi connectivity index (χ0v) is 17.1. The van der Waals surface area contributed by atoms with Crippen molar-refractivity contribution in [2.24, 2.45) is 0 Å². The van der Waals surface area contributed by atoms with Gasteiger partial charge in [-0.2, -0.15) is 0 Å². The number of para-hydroxylation sites is 1. The van der Waals surface area contributed by atoms with Gasteiger partial charge in [-0.05, 0) is 51.7 Å². The summed E-state index contributed by atoms with van der Waals surface area (Å²) in [6, 6.07) is 10.5. The molecule has 0 aliphatic carbocycles. The number of nitrogens with zero attached hydrogens (tertiary/aromatic N) is 2. The summed E-state index contributed by atoms with van der Waals surface area (Å²) in [5.41, 5.74) is 1.01. The molecular weight excluding hydrogens is 308 g/mol. The van der Waals surface area contributed by atoms with Gasteiger partial charge in [0, 0.05) is 5.39 Å². The first-order valence-electron chi connectivity index (χ1n) is 10.0. The fourth-order valence-electron chi connectivity index (χ4n) is 3.39. The largest absolute Gasteiger partial charge is 0.455 e. The Kier molecular flexibility index (Phi) is 7.09. The summed E-state index contributed by atoms with van der Waals surface area (Å²) in [6.45, 7) is 10.5. The number of quaternary nitrogens is 2. The van der Waals surface area contributed by atoms with Crippen LogP contribution in [0.15, 0.2) is 34.7 Å². The topological polar surface area (TPSA) is 13.1 Å². The lowest BCUT2D eigenvalue weighted by molar-refractivity contribution is -0.922. The van der Waals surface area contributed by atoms with Crippen LogP contribution in [0.5, 0.6) is 0 Å². The molecule has 0 spiro atoms. The highest BCUT2D eigenvalue weighted by atomic mass is 16.3. The Balaban J connectivity index is 1.78. The average molecular weight is 347 g/mol. The molecule has 0 radical (unpaired) electrons. The molecule has 2 rings (SSSR count). The molecule has 0 unspecified atom stereocenters. The second kappa shape index (κ2) is 8.86. The number of fused-ring (bicyclic) bond motifs is 1. The van der Waals surface area contributed by atoms with Crippen molar-refractivity contribution in [3.05, 3.63) is 36.1 Å². The van der Waals surface area contributed by atoms with Gasteiger partial charge in [0.05, 0.1) is 47.3 Å². The maximum atomic E-state index is 6.04. The molecule has 0 N–H and O–H groups in total. The first-order chi connectivity index (χ1) is 11.9. The Hall–Kier alpha value is -1.32. The van der Waals surface area contributed by atoms with Crippen molar-refractivity contribution in [2.75, 3.05) is 47.3 Å². The second-order valence-corrected chi connectivity index (χ2v) is 8.46. The monoisotopic (exact) mass is 346 g/mol. The van der Waals surface area contributed by atoms with Crippen LogP contribution >= 0.6 is 0 Å². The van der Waals surface area contributed by atoms with Crippen LogP contribution in [-0.2, 0) is 6.54 Å². The number of furan rings is 1. The Morgan fingerprint density at radius 2 is 1.52 bits per heavy atom. The van der Waals surface area contributed by atoms with Gasteiger partial charge in [0.2, 0.25) is 0 Å². The van der Waals surface area contributed by atoms with E-state index in [1.165, 1.54) is 50.7 Å². The molecule has 1 atom stereocenters. The minimum absolute atomic E-state index is 0.991. The van der Waals surface area contributed by atoms with E-state index < -0.39 is 0 Å². The van der Waals surface area contributed by atoms with Crippen LogP contribution in [0.3, 0.4) is 0 Å². The number of rotatable bonds is 11. The van der Waals surface area contributed by atoms with Gasteiger partial charge in [0.1, 0.15) is 12.1 Å². The number of benzene rings is 1.